The Morgan fingerprint density at radius 2 is 2.17 bits per heavy atom. The van der Waals surface area contributed by atoms with Crippen LogP contribution < -0.4 is 4.74 Å². The smallest absolute Gasteiger partial charge is 0.307 e. The summed E-state index contributed by atoms with van der Waals surface area (Å²) in [5.41, 5.74) is 0.534. The normalized spacial score (nSPS) is 16.9. The van der Waals surface area contributed by atoms with Crippen LogP contribution >= 0.6 is 0 Å². The van der Waals surface area contributed by atoms with E-state index in [0.717, 1.165) is 19.4 Å². The monoisotopic (exact) mass is 321 g/mol. The first-order chi connectivity index (χ1) is 11.1. The molecule has 1 amide bonds. The quantitative estimate of drug-likeness (QED) is 0.718. The summed E-state index contributed by atoms with van der Waals surface area (Å²) in [5, 5.41) is 0. The molecule has 23 heavy (non-hydrogen) atoms. The minimum absolute atomic E-state index is 0.0298. The first-order valence-corrected chi connectivity index (χ1v) is 7.75. The van der Waals surface area contributed by atoms with Crippen molar-refractivity contribution in [1.29, 1.82) is 0 Å². The van der Waals surface area contributed by atoms with E-state index in [1.54, 1.807) is 36.3 Å². The molecule has 6 heteroatoms. The lowest BCUT2D eigenvalue weighted by atomic mass is 10.1. The number of amides is 1. The van der Waals surface area contributed by atoms with E-state index in [4.69, 9.17) is 9.47 Å². The summed E-state index contributed by atoms with van der Waals surface area (Å²) >= 11 is 0. The fraction of sp³-hybridized carbons (Fsp3) is 0.529. The van der Waals surface area contributed by atoms with E-state index in [0.29, 0.717) is 24.4 Å². The Morgan fingerprint density at radius 1 is 1.35 bits per heavy atom. The number of benzene rings is 1. The molecule has 0 spiro atoms. The molecular formula is C17H23NO5. The molecule has 126 valence electrons. The van der Waals surface area contributed by atoms with E-state index in [1.165, 1.54) is 7.11 Å². The first-order valence-electron chi connectivity index (χ1n) is 7.75. The largest absolute Gasteiger partial charge is 0.497 e. The van der Waals surface area contributed by atoms with Gasteiger partial charge in [0.2, 0.25) is 0 Å². The lowest BCUT2D eigenvalue weighted by molar-refractivity contribution is -0.140. The molecule has 2 rings (SSSR count). The van der Waals surface area contributed by atoms with Gasteiger partial charge in [0.1, 0.15) is 5.75 Å². The Balaban J connectivity index is 2.09. The topological polar surface area (TPSA) is 65.1 Å². The number of rotatable bonds is 7. The van der Waals surface area contributed by atoms with Crippen molar-refractivity contribution in [1.82, 2.24) is 4.90 Å². The maximum absolute atomic E-state index is 12.8. The van der Waals surface area contributed by atoms with Gasteiger partial charge >= 0.3 is 5.97 Å². The van der Waals surface area contributed by atoms with Crippen LogP contribution in [0.25, 0.3) is 0 Å². The van der Waals surface area contributed by atoms with Crippen LogP contribution in [0.3, 0.4) is 0 Å². The standard InChI is InChI=1S/C17H23NO5/c1-21-14-6-3-5-13(11-14)17(20)18(9-8-16(19)22-2)12-15-7-4-10-23-15/h3,5-6,11,15H,4,7-10,12H2,1-2H3. The molecule has 0 N–H and O–H groups in total. The first kappa shape index (κ1) is 17.3. The Kier molecular flexibility index (Phi) is 6.40. The van der Waals surface area contributed by atoms with Gasteiger partial charge in [0, 0.05) is 25.3 Å². The molecule has 1 aliphatic rings. The van der Waals surface area contributed by atoms with Crippen LogP contribution in [-0.2, 0) is 14.3 Å². The lowest BCUT2D eigenvalue weighted by Crippen LogP contribution is -2.38. The minimum atomic E-state index is -0.333. The third-order valence-electron chi connectivity index (χ3n) is 3.87. The number of ether oxygens (including phenoxy) is 3. The third-order valence-corrected chi connectivity index (χ3v) is 3.87. The van der Waals surface area contributed by atoms with Crippen molar-refractivity contribution >= 4 is 11.9 Å². The van der Waals surface area contributed by atoms with Gasteiger partial charge in [-0.25, -0.2) is 0 Å². The number of hydrogen-bond acceptors (Lipinski definition) is 5. The van der Waals surface area contributed by atoms with Crippen LogP contribution in [0.1, 0.15) is 29.6 Å². The van der Waals surface area contributed by atoms with Crippen molar-refractivity contribution in [3.05, 3.63) is 29.8 Å². The number of carbonyl (C=O) groups excluding carboxylic acids is 2. The number of nitrogens with zero attached hydrogens (tertiary/aromatic N) is 1. The highest BCUT2D eigenvalue weighted by atomic mass is 16.5. The van der Waals surface area contributed by atoms with E-state index in [-0.39, 0.29) is 24.4 Å². The second-order valence-corrected chi connectivity index (χ2v) is 5.44. The summed E-state index contributed by atoms with van der Waals surface area (Å²) in [7, 11) is 2.90. The van der Waals surface area contributed by atoms with E-state index in [1.807, 2.05) is 0 Å². The number of esters is 1. The van der Waals surface area contributed by atoms with Crippen LogP contribution in [0.15, 0.2) is 24.3 Å². The lowest BCUT2D eigenvalue weighted by Gasteiger charge is -2.25. The highest BCUT2D eigenvalue weighted by Gasteiger charge is 2.24. The zero-order chi connectivity index (χ0) is 16.7. The van der Waals surface area contributed by atoms with Crippen molar-refractivity contribution in [2.24, 2.45) is 0 Å². The molecule has 0 bridgehead atoms. The Hall–Kier alpha value is -2.08. The second-order valence-electron chi connectivity index (χ2n) is 5.44. The Bertz CT molecular complexity index is 540. The van der Waals surface area contributed by atoms with Gasteiger partial charge in [0.25, 0.3) is 5.91 Å². The minimum Gasteiger partial charge on any atom is -0.497 e. The van der Waals surface area contributed by atoms with E-state index < -0.39 is 0 Å². The van der Waals surface area contributed by atoms with E-state index in [2.05, 4.69) is 4.74 Å². The average Bonchev–Trinajstić information content (AvgIpc) is 3.10. The van der Waals surface area contributed by atoms with Crippen LogP contribution in [-0.4, -0.2) is 56.8 Å². The summed E-state index contributed by atoms with van der Waals surface area (Å²) < 4.78 is 15.4. The molecule has 1 aromatic carbocycles. The SMILES string of the molecule is COC(=O)CCN(CC1CCCO1)C(=O)c1cccc(OC)c1. The van der Waals surface area contributed by atoms with Gasteiger partial charge in [-0.2, -0.15) is 0 Å². The summed E-state index contributed by atoms with van der Waals surface area (Å²) in [6, 6.07) is 7.00. The van der Waals surface area contributed by atoms with Gasteiger partial charge in [0.05, 0.1) is 26.7 Å². The Morgan fingerprint density at radius 3 is 2.83 bits per heavy atom. The van der Waals surface area contributed by atoms with Crippen molar-refractivity contribution in [2.45, 2.75) is 25.4 Å². The average molecular weight is 321 g/mol. The highest BCUT2D eigenvalue weighted by Crippen LogP contribution is 2.18. The fourth-order valence-electron chi connectivity index (χ4n) is 2.58. The maximum atomic E-state index is 12.8. The van der Waals surface area contributed by atoms with Crippen molar-refractivity contribution < 1.29 is 23.8 Å². The zero-order valence-electron chi connectivity index (χ0n) is 13.6. The molecule has 1 aromatic rings. The molecule has 0 radical (unpaired) electrons. The van der Waals surface area contributed by atoms with Crippen LogP contribution in [0.4, 0.5) is 0 Å². The predicted octanol–water partition coefficient (Wildman–Crippen LogP) is 1.88. The molecule has 1 atom stereocenters. The number of hydrogen-bond donors (Lipinski definition) is 0. The predicted molar refractivity (Wildman–Crippen MR) is 84.5 cm³/mol. The maximum Gasteiger partial charge on any atom is 0.307 e. The molecule has 1 heterocycles. The van der Waals surface area contributed by atoms with Gasteiger partial charge < -0.3 is 19.1 Å². The van der Waals surface area contributed by atoms with Gasteiger partial charge in [0.15, 0.2) is 0 Å². The Labute approximate surface area is 136 Å². The molecule has 1 unspecified atom stereocenters. The molecule has 1 fully saturated rings. The van der Waals surface area contributed by atoms with Crippen LogP contribution in [0.5, 0.6) is 5.75 Å². The molecular weight excluding hydrogens is 298 g/mol. The number of methoxy groups -OCH3 is 2. The van der Waals surface area contributed by atoms with Crippen molar-refractivity contribution in [2.75, 3.05) is 33.9 Å². The van der Waals surface area contributed by atoms with E-state index >= 15 is 0 Å². The third kappa shape index (κ3) is 4.96. The molecule has 0 aliphatic carbocycles. The molecule has 0 saturated carbocycles. The summed E-state index contributed by atoms with van der Waals surface area (Å²) in [5.74, 6) is 0.157. The van der Waals surface area contributed by atoms with Crippen LogP contribution in [0, 0.1) is 0 Å². The van der Waals surface area contributed by atoms with Gasteiger partial charge in [-0.1, -0.05) is 6.07 Å². The van der Waals surface area contributed by atoms with Gasteiger partial charge in [-0.3, -0.25) is 9.59 Å². The molecule has 1 aliphatic heterocycles. The summed E-state index contributed by atoms with van der Waals surface area (Å²) in [4.78, 5) is 25.8. The summed E-state index contributed by atoms with van der Waals surface area (Å²) in [6.45, 7) is 1.51. The second kappa shape index (κ2) is 8.53. The van der Waals surface area contributed by atoms with Crippen molar-refractivity contribution in [3.63, 3.8) is 0 Å². The van der Waals surface area contributed by atoms with Crippen LogP contribution in [0.2, 0.25) is 0 Å². The number of carbonyl (C=O) groups is 2. The molecule has 1 saturated heterocycles. The van der Waals surface area contributed by atoms with E-state index in [9.17, 15) is 9.59 Å². The van der Waals surface area contributed by atoms with Gasteiger partial charge in [-0.05, 0) is 31.0 Å². The highest BCUT2D eigenvalue weighted by molar-refractivity contribution is 5.94. The molecule has 0 aromatic heterocycles. The molecule has 6 nitrogen and oxygen atoms in total. The summed E-state index contributed by atoms with van der Waals surface area (Å²) in [6.07, 6.45) is 2.13. The zero-order valence-corrected chi connectivity index (χ0v) is 13.6. The fourth-order valence-corrected chi connectivity index (χ4v) is 2.58. The van der Waals surface area contributed by atoms with Crippen molar-refractivity contribution in [3.8, 4) is 5.75 Å². The van der Waals surface area contributed by atoms with Gasteiger partial charge in [-0.15, -0.1) is 0 Å².